The molecule has 0 aliphatic carbocycles. The first-order chi connectivity index (χ1) is 12.3. The predicted octanol–water partition coefficient (Wildman–Crippen LogP) is 2.38. The van der Waals surface area contributed by atoms with Gasteiger partial charge in [0.2, 0.25) is 5.96 Å². The summed E-state index contributed by atoms with van der Waals surface area (Å²) in [7, 11) is 0. The van der Waals surface area contributed by atoms with Gasteiger partial charge in [-0.15, -0.1) is 10.1 Å². The van der Waals surface area contributed by atoms with Gasteiger partial charge < -0.3 is 14.8 Å². The Morgan fingerprint density at radius 2 is 1.78 bits per heavy atom. The summed E-state index contributed by atoms with van der Waals surface area (Å²) in [6.07, 6.45) is 0.970. The van der Waals surface area contributed by atoms with Crippen LogP contribution >= 0.6 is 0 Å². The summed E-state index contributed by atoms with van der Waals surface area (Å²) in [4.78, 5) is 27.7. The van der Waals surface area contributed by atoms with Crippen LogP contribution in [0.5, 0.6) is 0 Å². The normalized spacial score (nSPS) is 12.5. The van der Waals surface area contributed by atoms with Crippen molar-refractivity contribution in [3.8, 4) is 0 Å². The molecule has 0 spiro atoms. The van der Waals surface area contributed by atoms with E-state index in [0.29, 0.717) is 19.5 Å². The van der Waals surface area contributed by atoms with Gasteiger partial charge in [-0.2, -0.15) is 0 Å². The van der Waals surface area contributed by atoms with E-state index < -0.39 is 23.4 Å². The number of hydrogen-bond acceptors (Lipinski definition) is 6. The molecule has 1 aromatic rings. The Kier molecular flexibility index (Phi) is 7.74. The Morgan fingerprint density at radius 1 is 1.15 bits per heavy atom. The van der Waals surface area contributed by atoms with E-state index in [1.807, 2.05) is 13.1 Å². The molecule has 1 heterocycles. The van der Waals surface area contributed by atoms with Crippen LogP contribution in [0.3, 0.4) is 0 Å². The van der Waals surface area contributed by atoms with Crippen LogP contribution in [0, 0.1) is 6.92 Å². The molecule has 0 atom stereocenters. The lowest BCUT2D eigenvalue weighted by atomic mass is 10.2. The number of aliphatic imine (C=N–C) groups is 1. The number of alkyl carbamates (subject to hydrolysis) is 1. The lowest BCUT2D eigenvalue weighted by Crippen LogP contribution is -2.44. The van der Waals surface area contributed by atoms with Crippen molar-refractivity contribution >= 4 is 18.1 Å². The second kappa shape index (κ2) is 9.33. The second-order valence-corrected chi connectivity index (χ2v) is 7.97. The quantitative estimate of drug-likeness (QED) is 0.466. The van der Waals surface area contributed by atoms with Gasteiger partial charge in [-0.1, -0.05) is 5.21 Å². The molecule has 0 fully saturated rings. The number of aryl methyl sites for hydroxylation is 2. The summed E-state index contributed by atoms with van der Waals surface area (Å²) >= 11 is 0. The first-order valence-electron chi connectivity index (χ1n) is 8.76. The Labute approximate surface area is 159 Å². The zero-order valence-corrected chi connectivity index (χ0v) is 17.1. The Balaban J connectivity index is 2.65. The summed E-state index contributed by atoms with van der Waals surface area (Å²) in [6, 6.07) is 0. The SMILES string of the molecule is Cc1cn(CCCN/C(=N/C(=O)OC(C)(C)C)NC(=O)OC(C)(C)C)nn1. The van der Waals surface area contributed by atoms with Gasteiger partial charge in [0.15, 0.2) is 0 Å². The van der Waals surface area contributed by atoms with E-state index in [0.717, 1.165) is 5.69 Å². The van der Waals surface area contributed by atoms with Crippen LogP contribution in [0.4, 0.5) is 9.59 Å². The molecule has 152 valence electrons. The number of hydrogen-bond donors (Lipinski definition) is 2. The van der Waals surface area contributed by atoms with E-state index in [-0.39, 0.29) is 5.96 Å². The zero-order valence-electron chi connectivity index (χ0n) is 17.1. The standard InChI is InChI=1S/C17H30N6O4/c1-12-11-23(22-21-12)10-8-9-18-13(19-14(24)26-16(2,3)4)20-15(25)27-17(5,6)7/h11H,8-10H2,1-7H3,(H2,18,19,20,24,25). The fourth-order valence-corrected chi connectivity index (χ4v) is 1.84. The largest absolute Gasteiger partial charge is 0.444 e. The molecule has 10 heteroatoms. The average molecular weight is 382 g/mol. The van der Waals surface area contributed by atoms with Crippen molar-refractivity contribution in [3.05, 3.63) is 11.9 Å². The second-order valence-electron chi connectivity index (χ2n) is 7.97. The third kappa shape index (κ3) is 10.8. The van der Waals surface area contributed by atoms with Crippen LogP contribution in [0.25, 0.3) is 0 Å². The minimum absolute atomic E-state index is 0.0340. The molecule has 0 aromatic carbocycles. The first kappa shape index (κ1) is 22.4. The fraction of sp³-hybridized carbons (Fsp3) is 0.706. The maximum atomic E-state index is 12.0. The highest BCUT2D eigenvalue weighted by Gasteiger charge is 2.20. The molecule has 2 N–H and O–H groups in total. The number of amides is 2. The monoisotopic (exact) mass is 382 g/mol. The zero-order chi connectivity index (χ0) is 20.7. The molecular formula is C17H30N6O4. The van der Waals surface area contributed by atoms with Gasteiger partial charge in [-0.05, 0) is 54.9 Å². The third-order valence-electron chi connectivity index (χ3n) is 2.73. The fourth-order valence-electron chi connectivity index (χ4n) is 1.84. The molecule has 2 amide bonds. The molecule has 0 aliphatic rings. The number of aromatic nitrogens is 3. The lowest BCUT2D eigenvalue weighted by Gasteiger charge is -2.21. The van der Waals surface area contributed by atoms with E-state index in [2.05, 4.69) is 25.9 Å². The van der Waals surface area contributed by atoms with E-state index in [9.17, 15) is 9.59 Å². The summed E-state index contributed by atoms with van der Waals surface area (Å²) in [6.45, 7) is 13.3. The molecule has 0 unspecified atom stereocenters. The lowest BCUT2D eigenvalue weighted by molar-refractivity contribution is 0.0560. The molecule has 1 aromatic heterocycles. The van der Waals surface area contributed by atoms with Crippen molar-refractivity contribution in [2.24, 2.45) is 4.99 Å². The van der Waals surface area contributed by atoms with Gasteiger partial charge in [0.25, 0.3) is 0 Å². The van der Waals surface area contributed by atoms with Crippen LogP contribution in [-0.2, 0) is 16.0 Å². The number of nitrogens with zero attached hydrogens (tertiary/aromatic N) is 4. The molecule has 27 heavy (non-hydrogen) atoms. The average Bonchev–Trinajstić information content (AvgIpc) is 2.84. The third-order valence-corrected chi connectivity index (χ3v) is 2.73. The Hall–Kier alpha value is -2.65. The van der Waals surface area contributed by atoms with Gasteiger partial charge in [0.05, 0.1) is 5.69 Å². The predicted molar refractivity (Wildman–Crippen MR) is 100 cm³/mol. The maximum absolute atomic E-state index is 12.0. The number of nitrogens with one attached hydrogen (secondary N) is 2. The van der Waals surface area contributed by atoms with E-state index in [1.165, 1.54) is 0 Å². The number of carbonyl (C=O) groups excluding carboxylic acids is 2. The molecule has 1 rings (SSSR count). The number of ether oxygens (including phenoxy) is 2. The number of guanidine groups is 1. The number of carbonyl (C=O) groups is 2. The molecule has 0 aliphatic heterocycles. The Bertz CT molecular complexity index is 670. The molecule has 0 bridgehead atoms. The van der Waals surface area contributed by atoms with Crippen molar-refractivity contribution in [2.75, 3.05) is 6.54 Å². The van der Waals surface area contributed by atoms with Crippen LogP contribution in [0.2, 0.25) is 0 Å². The smallest absolute Gasteiger partial charge is 0.437 e. The molecular weight excluding hydrogens is 352 g/mol. The van der Waals surface area contributed by atoms with Crippen LogP contribution in [0.1, 0.15) is 53.7 Å². The van der Waals surface area contributed by atoms with Crippen LogP contribution < -0.4 is 10.6 Å². The Morgan fingerprint density at radius 3 is 2.30 bits per heavy atom. The highest BCUT2D eigenvalue weighted by molar-refractivity contribution is 5.98. The maximum Gasteiger partial charge on any atom is 0.437 e. The number of rotatable bonds is 4. The topological polar surface area (TPSA) is 120 Å². The molecule has 0 saturated carbocycles. The minimum atomic E-state index is -0.812. The van der Waals surface area contributed by atoms with Gasteiger partial charge in [0, 0.05) is 19.3 Å². The van der Waals surface area contributed by atoms with Crippen molar-refractivity contribution in [1.29, 1.82) is 0 Å². The van der Waals surface area contributed by atoms with Crippen LogP contribution in [0.15, 0.2) is 11.2 Å². The van der Waals surface area contributed by atoms with E-state index in [1.54, 1.807) is 46.2 Å². The molecule has 0 radical (unpaired) electrons. The first-order valence-corrected chi connectivity index (χ1v) is 8.76. The van der Waals surface area contributed by atoms with Gasteiger partial charge in [0.1, 0.15) is 11.2 Å². The van der Waals surface area contributed by atoms with Gasteiger partial charge >= 0.3 is 12.2 Å². The van der Waals surface area contributed by atoms with Crippen molar-refractivity contribution in [1.82, 2.24) is 25.6 Å². The molecule has 10 nitrogen and oxygen atoms in total. The van der Waals surface area contributed by atoms with E-state index in [4.69, 9.17) is 9.47 Å². The van der Waals surface area contributed by atoms with Crippen LogP contribution in [-0.4, -0.2) is 50.9 Å². The van der Waals surface area contributed by atoms with Crippen molar-refractivity contribution < 1.29 is 19.1 Å². The molecule has 0 saturated heterocycles. The van der Waals surface area contributed by atoms with E-state index >= 15 is 0 Å². The summed E-state index contributed by atoms with van der Waals surface area (Å²) < 4.78 is 12.0. The van der Waals surface area contributed by atoms with Crippen molar-refractivity contribution in [3.63, 3.8) is 0 Å². The van der Waals surface area contributed by atoms with Gasteiger partial charge in [-0.25, -0.2) is 9.59 Å². The summed E-state index contributed by atoms with van der Waals surface area (Å²) in [5.41, 5.74) is -0.532. The van der Waals surface area contributed by atoms with Gasteiger partial charge in [-0.3, -0.25) is 10.00 Å². The minimum Gasteiger partial charge on any atom is -0.444 e. The summed E-state index contributed by atoms with van der Waals surface area (Å²) in [5.74, 6) is -0.0340. The van der Waals surface area contributed by atoms with Crippen molar-refractivity contribution in [2.45, 2.75) is 72.6 Å². The highest BCUT2D eigenvalue weighted by Crippen LogP contribution is 2.08. The summed E-state index contributed by atoms with van der Waals surface area (Å²) in [5, 5.41) is 13.2. The highest BCUT2D eigenvalue weighted by atomic mass is 16.6.